The third kappa shape index (κ3) is 4.97. The molecule has 2 aromatic rings. The second kappa shape index (κ2) is 8.73. The fraction of sp³-hybridized carbons (Fsp3) is 0.263. The summed E-state index contributed by atoms with van der Waals surface area (Å²) in [7, 11) is 4.40. The van der Waals surface area contributed by atoms with Crippen LogP contribution in [-0.2, 0) is 27.3 Å². The van der Waals surface area contributed by atoms with E-state index in [0.29, 0.717) is 22.6 Å². The molecule has 6 heteroatoms. The van der Waals surface area contributed by atoms with Gasteiger partial charge in [-0.25, -0.2) is 4.79 Å². The molecule has 0 N–H and O–H groups in total. The van der Waals surface area contributed by atoms with Gasteiger partial charge in [-0.1, -0.05) is 18.2 Å². The molecule has 0 bridgehead atoms. The fourth-order valence-corrected chi connectivity index (χ4v) is 2.28. The first-order valence-electron chi connectivity index (χ1n) is 7.61. The van der Waals surface area contributed by atoms with Gasteiger partial charge in [-0.05, 0) is 35.4 Å². The molecule has 0 saturated heterocycles. The summed E-state index contributed by atoms with van der Waals surface area (Å²) in [5.74, 6) is 0.340. The summed E-state index contributed by atoms with van der Waals surface area (Å²) < 4.78 is 20.3. The molecular weight excluding hydrogens is 324 g/mol. The van der Waals surface area contributed by atoms with E-state index in [4.69, 9.17) is 14.2 Å². The van der Waals surface area contributed by atoms with Crippen molar-refractivity contribution in [2.45, 2.75) is 13.0 Å². The van der Waals surface area contributed by atoms with E-state index in [1.165, 1.54) is 14.2 Å². The van der Waals surface area contributed by atoms with Gasteiger partial charge >= 0.3 is 11.9 Å². The number of ether oxygens (including phenoxy) is 4. The summed E-state index contributed by atoms with van der Waals surface area (Å²) in [5.41, 5.74) is 1.88. The predicted molar refractivity (Wildman–Crippen MR) is 90.8 cm³/mol. The highest BCUT2D eigenvalue weighted by Crippen LogP contribution is 2.27. The smallest absolute Gasteiger partial charge is 0.337 e. The molecule has 0 aliphatic rings. The highest BCUT2D eigenvalue weighted by Gasteiger charge is 2.11. The number of rotatable bonds is 7. The number of benzene rings is 2. The van der Waals surface area contributed by atoms with E-state index in [-0.39, 0.29) is 19.0 Å². The molecule has 0 fully saturated rings. The Balaban J connectivity index is 1.96. The maximum absolute atomic E-state index is 12.0. The number of methoxy groups -OCH3 is 3. The normalized spacial score (nSPS) is 10.0. The first-order valence-corrected chi connectivity index (χ1v) is 7.61. The zero-order valence-corrected chi connectivity index (χ0v) is 14.4. The molecule has 0 saturated carbocycles. The Labute approximate surface area is 146 Å². The zero-order valence-electron chi connectivity index (χ0n) is 14.4. The SMILES string of the molecule is COC(=O)c1cccc(COC(=O)Cc2ccc(OC)c(OC)c2)c1. The monoisotopic (exact) mass is 344 g/mol. The third-order valence-corrected chi connectivity index (χ3v) is 3.54. The molecule has 0 aliphatic heterocycles. The van der Waals surface area contributed by atoms with Crippen molar-refractivity contribution in [2.24, 2.45) is 0 Å². The highest BCUT2D eigenvalue weighted by molar-refractivity contribution is 5.89. The van der Waals surface area contributed by atoms with Crippen molar-refractivity contribution in [3.05, 3.63) is 59.2 Å². The Hall–Kier alpha value is -3.02. The van der Waals surface area contributed by atoms with E-state index in [2.05, 4.69) is 4.74 Å². The van der Waals surface area contributed by atoms with E-state index in [1.807, 2.05) is 0 Å². The topological polar surface area (TPSA) is 71.1 Å². The van der Waals surface area contributed by atoms with Gasteiger partial charge < -0.3 is 18.9 Å². The van der Waals surface area contributed by atoms with Crippen LogP contribution in [0.1, 0.15) is 21.5 Å². The Morgan fingerprint density at radius 1 is 0.880 bits per heavy atom. The Morgan fingerprint density at radius 3 is 2.32 bits per heavy atom. The lowest BCUT2D eigenvalue weighted by molar-refractivity contribution is -0.144. The van der Waals surface area contributed by atoms with Gasteiger partial charge in [-0.3, -0.25) is 4.79 Å². The summed E-state index contributed by atoms with van der Waals surface area (Å²) in [5, 5.41) is 0. The number of hydrogen-bond donors (Lipinski definition) is 0. The zero-order chi connectivity index (χ0) is 18.2. The van der Waals surface area contributed by atoms with E-state index < -0.39 is 5.97 Å². The van der Waals surface area contributed by atoms with Crippen molar-refractivity contribution in [3.63, 3.8) is 0 Å². The number of hydrogen-bond acceptors (Lipinski definition) is 6. The summed E-state index contributed by atoms with van der Waals surface area (Å²) >= 11 is 0. The lowest BCUT2D eigenvalue weighted by Gasteiger charge is -2.10. The van der Waals surface area contributed by atoms with Crippen molar-refractivity contribution in [1.29, 1.82) is 0 Å². The summed E-state index contributed by atoms with van der Waals surface area (Å²) in [6.07, 6.45) is 0.108. The number of carbonyl (C=O) groups is 2. The second-order valence-corrected chi connectivity index (χ2v) is 5.22. The van der Waals surface area contributed by atoms with Gasteiger partial charge in [0.2, 0.25) is 0 Å². The van der Waals surface area contributed by atoms with Gasteiger partial charge in [-0.2, -0.15) is 0 Å². The van der Waals surface area contributed by atoms with Crippen molar-refractivity contribution in [3.8, 4) is 11.5 Å². The Morgan fingerprint density at radius 2 is 1.64 bits per heavy atom. The first-order chi connectivity index (χ1) is 12.1. The van der Waals surface area contributed by atoms with Crippen molar-refractivity contribution >= 4 is 11.9 Å². The molecule has 2 rings (SSSR count). The van der Waals surface area contributed by atoms with Crippen LogP contribution in [0.3, 0.4) is 0 Å². The van der Waals surface area contributed by atoms with E-state index >= 15 is 0 Å². The van der Waals surface area contributed by atoms with Gasteiger partial charge in [0.25, 0.3) is 0 Å². The number of carbonyl (C=O) groups excluding carboxylic acids is 2. The first kappa shape index (κ1) is 18.3. The molecule has 0 aliphatic carbocycles. The minimum absolute atomic E-state index is 0.0803. The third-order valence-electron chi connectivity index (χ3n) is 3.54. The van der Waals surface area contributed by atoms with Crippen LogP contribution in [0.5, 0.6) is 11.5 Å². The Kier molecular flexibility index (Phi) is 6.39. The van der Waals surface area contributed by atoms with Crippen LogP contribution in [0.15, 0.2) is 42.5 Å². The maximum atomic E-state index is 12.0. The van der Waals surface area contributed by atoms with Crippen molar-refractivity contribution in [1.82, 2.24) is 0 Å². The molecule has 6 nitrogen and oxygen atoms in total. The lowest BCUT2D eigenvalue weighted by atomic mass is 10.1. The van der Waals surface area contributed by atoms with E-state index in [0.717, 1.165) is 5.56 Å². The standard InChI is InChI=1S/C19H20O6/c1-22-16-8-7-13(10-17(16)23-2)11-18(20)25-12-14-5-4-6-15(9-14)19(21)24-3/h4-10H,11-12H2,1-3H3. The molecule has 0 spiro atoms. The summed E-state index contributed by atoms with van der Waals surface area (Å²) in [4.78, 5) is 23.5. The quantitative estimate of drug-likeness (QED) is 0.719. The Bertz CT molecular complexity index is 753. The van der Waals surface area contributed by atoms with Crippen molar-refractivity contribution < 1.29 is 28.5 Å². The van der Waals surface area contributed by atoms with Crippen LogP contribution in [0.4, 0.5) is 0 Å². The molecular formula is C19H20O6. The van der Waals surface area contributed by atoms with Gasteiger partial charge in [0.05, 0.1) is 33.3 Å². The average Bonchev–Trinajstić information content (AvgIpc) is 2.65. The van der Waals surface area contributed by atoms with Crippen LogP contribution in [0.25, 0.3) is 0 Å². The van der Waals surface area contributed by atoms with Crippen LogP contribution >= 0.6 is 0 Å². The van der Waals surface area contributed by atoms with Crippen LogP contribution in [-0.4, -0.2) is 33.3 Å². The molecule has 0 unspecified atom stereocenters. The molecule has 0 aromatic heterocycles. The maximum Gasteiger partial charge on any atom is 0.337 e. The molecule has 2 aromatic carbocycles. The molecule has 0 radical (unpaired) electrons. The summed E-state index contributed by atoms with van der Waals surface area (Å²) in [6.45, 7) is 0.0803. The average molecular weight is 344 g/mol. The molecule has 0 heterocycles. The van der Waals surface area contributed by atoms with Crippen LogP contribution in [0, 0.1) is 0 Å². The predicted octanol–water partition coefficient (Wildman–Crippen LogP) is 2.78. The molecule has 25 heavy (non-hydrogen) atoms. The van der Waals surface area contributed by atoms with E-state index in [9.17, 15) is 9.59 Å². The second-order valence-electron chi connectivity index (χ2n) is 5.22. The molecule has 0 atom stereocenters. The van der Waals surface area contributed by atoms with Gasteiger partial charge in [0, 0.05) is 0 Å². The van der Waals surface area contributed by atoms with Crippen molar-refractivity contribution in [2.75, 3.05) is 21.3 Å². The minimum atomic E-state index is -0.432. The largest absolute Gasteiger partial charge is 0.493 e. The van der Waals surface area contributed by atoms with Gasteiger partial charge in [0.1, 0.15) is 6.61 Å². The molecule has 132 valence electrons. The van der Waals surface area contributed by atoms with Crippen LogP contribution < -0.4 is 9.47 Å². The van der Waals surface area contributed by atoms with E-state index in [1.54, 1.807) is 49.6 Å². The highest BCUT2D eigenvalue weighted by atomic mass is 16.5. The van der Waals surface area contributed by atoms with Gasteiger partial charge in [-0.15, -0.1) is 0 Å². The minimum Gasteiger partial charge on any atom is -0.493 e. The summed E-state index contributed by atoms with van der Waals surface area (Å²) in [6, 6.07) is 12.0. The van der Waals surface area contributed by atoms with Crippen LogP contribution in [0.2, 0.25) is 0 Å². The number of esters is 2. The lowest BCUT2D eigenvalue weighted by Crippen LogP contribution is -2.09. The van der Waals surface area contributed by atoms with Gasteiger partial charge in [0.15, 0.2) is 11.5 Å². The fourth-order valence-electron chi connectivity index (χ4n) is 2.28. The molecule has 0 amide bonds.